The van der Waals surface area contributed by atoms with Gasteiger partial charge in [0.05, 0.1) is 16.7 Å². The van der Waals surface area contributed by atoms with Gasteiger partial charge in [-0.2, -0.15) is 5.10 Å². The number of hydrogen-bond acceptors (Lipinski definition) is 4. The molecular weight excluding hydrogens is 250 g/mol. The van der Waals surface area contributed by atoms with Crippen molar-refractivity contribution in [2.24, 2.45) is 5.92 Å². The lowest BCUT2D eigenvalue weighted by molar-refractivity contribution is 0.649. The Morgan fingerprint density at radius 2 is 1.90 bits per heavy atom. The van der Waals surface area contributed by atoms with Crippen LogP contribution >= 0.6 is 0 Å². The van der Waals surface area contributed by atoms with Crippen molar-refractivity contribution in [2.75, 3.05) is 5.73 Å². The molecule has 1 aromatic carbocycles. The highest BCUT2D eigenvalue weighted by Crippen LogP contribution is 2.28. The second-order valence-corrected chi connectivity index (χ2v) is 5.32. The van der Waals surface area contributed by atoms with Crippen molar-refractivity contribution < 1.29 is 0 Å². The Morgan fingerprint density at radius 3 is 2.65 bits per heavy atom. The number of anilines is 1. The maximum Gasteiger partial charge on any atom is 0.149 e. The summed E-state index contributed by atoms with van der Waals surface area (Å²) in [5.41, 5.74) is 10.8. The quantitative estimate of drug-likeness (QED) is 0.764. The highest BCUT2D eigenvalue weighted by Gasteiger charge is 2.14. The van der Waals surface area contributed by atoms with Crippen molar-refractivity contribution in [3.8, 4) is 11.3 Å². The number of fused-ring (bicyclic) bond motifs is 1. The molecule has 0 saturated carbocycles. The van der Waals surface area contributed by atoms with E-state index in [-0.39, 0.29) is 0 Å². The van der Waals surface area contributed by atoms with Crippen LogP contribution in [0.15, 0.2) is 30.6 Å². The topological polar surface area (TPSA) is 80.5 Å². The molecule has 2 heterocycles. The Balaban J connectivity index is 2.11. The molecule has 2 aromatic heterocycles. The van der Waals surface area contributed by atoms with Crippen LogP contribution in [0.3, 0.4) is 0 Å². The van der Waals surface area contributed by atoms with Crippen LogP contribution in [-0.4, -0.2) is 20.2 Å². The minimum Gasteiger partial charge on any atom is -0.382 e. The first-order chi connectivity index (χ1) is 9.65. The predicted octanol–water partition coefficient (Wildman–Crippen LogP) is 2.80. The van der Waals surface area contributed by atoms with E-state index in [0.29, 0.717) is 11.7 Å². The predicted molar refractivity (Wildman–Crippen MR) is 80.1 cm³/mol. The van der Waals surface area contributed by atoms with E-state index in [1.165, 1.54) is 0 Å². The van der Waals surface area contributed by atoms with Crippen molar-refractivity contribution in [2.45, 2.75) is 20.3 Å². The average Bonchev–Trinajstić information content (AvgIpc) is 2.79. The van der Waals surface area contributed by atoms with Gasteiger partial charge in [-0.25, -0.2) is 0 Å². The van der Waals surface area contributed by atoms with E-state index in [9.17, 15) is 0 Å². The second-order valence-electron chi connectivity index (χ2n) is 5.32. The molecule has 5 heteroatoms. The van der Waals surface area contributed by atoms with Gasteiger partial charge < -0.3 is 5.73 Å². The molecular formula is C15H17N5. The van der Waals surface area contributed by atoms with Gasteiger partial charge >= 0.3 is 0 Å². The number of H-pyrrole nitrogens is 1. The highest BCUT2D eigenvalue weighted by molar-refractivity contribution is 5.81. The molecule has 0 radical (unpaired) electrons. The van der Waals surface area contributed by atoms with Gasteiger partial charge in [0.25, 0.3) is 0 Å². The molecule has 5 nitrogen and oxygen atoms in total. The fourth-order valence-corrected chi connectivity index (χ4v) is 2.35. The van der Waals surface area contributed by atoms with Crippen molar-refractivity contribution in [1.29, 1.82) is 0 Å². The number of nitrogens with zero attached hydrogens (tertiary/aromatic N) is 3. The number of nitrogens with one attached hydrogen (secondary N) is 1. The van der Waals surface area contributed by atoms with E-state index in [0.717, 1.165) is 34.3 Å². The van der Waals surface area contributed by atoms with Crippen LogP contribution in [0.25, 0.3) is 22.3 Å². The normalized spacial score (nSPS) is 11.3. The summed E-state index contributed by atoms with van der Waals surface area (Å²) >= 11 is 0. The molecule has 0 aliphatic rings. The summed E-state index contributed by atoms with van der Waals surface area (Å²) in [7, 11) is 0. The van der Waals surface area contributed by atoms with E-state index in [1.807, 2.05) is 18.2 Å². The second kappa shape index (κ2) is 4.92. The zero-order chi connectivity index (χ0) is 14.1. The SMILES string of the molecule is CC(C)Cc1c(N)n[nH]c1-c1ccc2nccnc2c1. The monoisotopic (exact) mass is 267 g/mol. The fraction of sp³-hybridized carbons (Fsp3) is 0.267. The minimum atomic E-state index is 0.522. The van der Waals surface area contributed by atoms with Gasteiger partial charge in [0, 0.05) is 23.5 Å². The number of nitrogen functional groups attached to an aromatic ring is 1. The molecule has 0 saturated heterocycles. The fourth-order valence-electron chi connectivity index (χ4n) is 2.35. The molecule has 0 aliphatic heterocycles. The smallest absolute Gasteiger partial charge is 0.149 e. The Labute approximate surface area is 117 Å². The lowest BCUT2D eigenvalue weighted by Crippen LogP contribution is -1.99. The molecule has 3 rings (SSSR count). The van der Waals surface area contributed by atoms with Gasteiger partial charge in [-0.3, -0.25) is 15.1 Å². The van der Waals surface area contributed by atoms with E-state index >= 15 is 0 Å². The summed E-state index contributed by atoms with van der Waals surface area (Å²) in [4.78, 5) is 8.62. The number of benzene rings is 1. The van der Waals surface area contributed by atoms with Crippen LogP contribution in [0.2, 0.25) is 0 Å². The Hall–Kier alpha value is -2.43. The van der Waals surface area contributed by atoms with E-state index in [1.54, 1.807) is 12.4 Å². The zero-order valence-electron chi connectivity index (χ0n) is 11.6. The van der Waals surface area contributed by atoms with Gasteiger partial charge in [0.1, 0.15) is 5.82 Å². The Kier molecular flexibility index (Phi) is 3.10. The van der Waals surface area contributed by atoms with Crippen LogP contribution in [-0.2, 0) is 6.42 Å². The van der Waals surface area contributed by atoms with E-state index in [2.05, 4.69) is 34.0 Å². The first-order valence-electron chi connectivity index (χ1n) is 6.69. The van der Waals surface area contributed by atoms with E-state index in [4.69, 9.17) is 5.73 Å². The standard InChI is InChI=1S/C15H17N5/c1-9(2)7-11-14(19-20-15(11)16)10-3-4-12-13(8-10)18-6-5-17-12/h3-6,8-9H,7H2,1-2H3,(H3,16,19,20). The molecule has 0 aliphatic carbocycles. The Morgan fingerprint density at radius 1 is 1.15 bits per heavy atom. The van der Waals surface area contributed by atoms with Crippen LogP contribution in [0.4, 0.5) is 5.82 Å². The number of rotatable bonds is 3. The zero-order valence-corrected chi connectivity index (χ0v) is 11.6. The summed E-state index contributed by atoms with van der Waals surface area (Å²) < 4.78 is 0. The van der Waals surface area contributed by atoms with Gasteiger partial charge in [0.15, 0.2) is 0 Å². The van der Waals surface area contributed by atoms with Gasteiger partial charge in [-0.05, 0) is 24.5 Å². The lowest BCUT2D eigenvalue weighted by atomic mass is 9.99. The van der Waals surface area contributed by atoms with Crippen LogP contribution in [0.1, 0.15) is 19.4 Å². The third kappa shape index (κ3) is 2.22. The van der Waals surface area contributed by atoms with E-state index < -0.39 is 0 Å². The Bertz CT molecular complexity index is 745. The lowest BCUT2D eigenvalue weighted by Gasteiger charge is -2.07. The van der Waals surface area contributed by atoms with Gasteiger partial charge in [-0.15, -0.1) is 0 Å². The molecule has 0 atom stereocenters. The summed E-state index contributed by atoms with van der Waals surface area (Å²) in [5, 5.41) is 7.18. The third-order valence-electron chi connectivity index (χ3n) is 3.27. The molecule has 0 amide bonds. The van der Waals surface area contributed by atoms with Crippen LogP contribution in [0, 0.1) is 5.92 Å². The number of aromatic nitrogens is 4. The summed E-state index contributed by atoms with van der Waals surface area (Å²) in [6.07, 6.45) is 4.29. The third-order valence-corrected chi connectivity index (χ3v) is 3.27. The first kappa shape index (κ1) is 12.6. The van der Waals surface area contributed by atoms with Gasteiger partial charge in [-0.1, -0.05) is 19.9 Å². The average molecular weight is 267 g/mol. The first-order valence-corrected chi connectivity index (χ1v) is 6.69. The molecule has 0 bridgehead atoms. The molecule has 3 aromatic rings. The molecule has 0 unspecified atom stereocenters. The van der Waals surface area contributed by atoms with Crippen molar-refractivity contribution in [1.82, 2.24) is 20.2 Å². The maximum atomic E-state index is 5.97. The summed E-state index contributed by atoms with van der Waals surface area (Å²) in [6.45, 7) is 4.34. The molecule has 102 valence electrons. The van der Waals surface area contributed by atoms with Crippen LogP contribution < -0.4 is 5.73 Å². The van der Waals surface area contributed by atoms with Crippen molar-refractivity contribution >= 4 is 16.9 Å². The largest absolute Gasteiger partial charge is 0.382 e. The molecule has 0 fully saturated rings. The van der Waals surface area contributed by atoms with Gasteiger partial charge in [0.2, 0.25) is 0 Å². The summed E-state index contributed by atoms with van der Waals surface area (Å²) in [6, 6.07) is 6.00. The number of aromatic amines is 1. The number of hydrogen-bond donors (Lipinski definition) is 2. The molecule has 20 heavy (non-hydrogen) atoms. The minimum absolute atomic E-state index is 0.522. The van der Waals surface area contributed by atoms with Crippen molar-refractivity contribution in [3.63, 3.8) is 0 Å². The van der Waals surface area contributed by atoms with Crippen molar-refractivity contribution in [3.05, 3.63) is 36.2 Å². The number of nitrogens with two attached hydrogens (primary N) is 1. The maximum absolute atomic E-state index is 5.97. The molecule has 0 spiro atoms. The van der Waals surface area contributed by atoms with Crippen LogP contribution in [0.5, 0.6) is 0 Å². The molecule has 3 N–H and O–H groups in total. The highest BCUT2D eigenvalue weighted by atomic mass is 15.2. The summed E-state index contributed by atoms with van der Waals surface area (Å²) in [5.74, 6) is 1.10.